The lowest BCUT2D eigenvalue weighted by molar-refractivity contribution is 0.0941. The number of nitrogens with zero attached hydrogens (tertiary/aromatic N) is 2. The lowest BCUT2D eigenvalue weighted by Gasteiger charge is -2.43. The molecule has 1 aromatic heterocycles. The van der Waals surface area contributed by atoms with Crippen molar-refractivity contribution in [1.29, 1.82) is 0 Å². The van der Waals surface area contributed by atoms with Crippen molar-refractivity contribution in [2.45, 2.75) is 72.3 Å². The second kappa shape index (κ2) is 7.93. The van der Waals surface area contributed by atoms with Gasteiger partial charge in [0.25, 0.3) is 0 Å². The molecule has 0 amide bonds. The van der Waals surface area contributed by atoms with Gasteiger partial charge in [-0.15, -0.1) is 0 Å². The van der Waals surface area contributed by atoms with Crippen molar-refractivity contribution in [2.75, 3.05) is 6.54 Å². The molecule has 0 aliphatic carbocycles. The summed E-state index contributed by atoms with van der Waals surface area (Å²) in [6.45, 7) is 23.9. The molecule has 0 saturated carbocycles. The molecule has 2 aromatic rings. The highest BCUT2D eigenvalue weighted by atomic mass is 28.4. The van der Waals surface area contributed by atoms with Gasteiger partial charge in [0.15, 0.2) is 0 Å². The first-order valence-corrected chi connectivity index (χ1v) is 20.5. The van der Waals surface area contributed by atoms with Crippen molar-refractivity contribution >= 4 is 41.6 Å². The van der Waals surface area contributed by atoms with Crippen LogP contribution >= 0.6 is 0 Å². The number of hydrogen-bond donors (Lipinski definition) is 0. The Bertz CT molecular complexity index is 841. The maximum atomic E-state index is 12.2. The minimum atomic E-state index is -1.67. The van der Waals surface area contributed by atoms with Crippen LogP contribution in [-0.4, -0.2) is 46.0 Å². The fraction of sp³-hybridized carbons (Fsp3) is 0.571. The van der Waals surface area contributed by atoms with Crippen LogP contribution in [0.3, 0.4) is 0 Å². The number of carbonyl (C=O) groups is 1. The van der Waals surface area contributed by atoms with Crippen molar-refractivity contribution in [3.63, 3.8) is 0 Å². The molecule has 0 unspecified atom stereocenters. The number of carbonyl (C=O) groups excluding carboxylic acids is 1. The summed E-state index contributed by atoms with van der Waals surface area (Å²) in [5, 5.41) is 1.15. The van der Waals surface area contributed by atoms with Crippen LogP contribution in [0.1, 0.15) is 17.3 Å². The van der Waals surface area contributed by atoms with Gasteiger partial charge < -0.3 is 8.66 Å². The standard InChI is InChI=1S/C21H38N2O2Si3/c1-17(24)22-16-18(13-14-23(26(2,3)4)27(5,6)7)20-15-19(11-12-21(20)22)25-28(8,9)10/h11-12,15-16H,13-14H2,1-10H3. The second-order valence-electron chi connectivity index (χ2n) is 10.7. The summed E-state index contributed by atoms with van der Waals surface area (Å²) in [6, 6.07) is 6.17. The lowest BCUT2D eigenvalue weighted by Crippen LogP contribution is -2.59. The monoisotopic (exact) mass is 434 g/mol. The van der Waals surface area contributed by atoms with E-state index in [0.29, 0.717) is 0 Å². The molecule has 2 rings (SSSR count). The van der Waals surface area contributed by atoms with Crippen molar-refractivity contribution in [3.05, 3.63) is 30.0 Å². The third kappa shape index (κ3) is 5.68. The van der Waals surface area contributed by atoms with E-state index in [9.17, 15) is 4.79 Å². The smallest absolute Gasteiger partial charge is 0.242 e. The highest BCUT2D eigenvalue weighted by molar-refractivity contribution is 6.89. The first-order valence-electron chi connectivity index (χ1n) is 10.2. The summed E-state index contributed by atoms with van der Waals surface area (Å²) < 4.78 is 10.8. The summed E-state index contributed by atoms with van der Waals surface area (Å²) in [6.07, 6.45) is 3.00. The third-order valence-electron chi connectivity index (χ3n) is 4.85. The van der Waals surface area contributed by atoms with Crippen LogP contribution in [0.4, 0.5) is 0 Å². The first-order chi connectivity index (χ1) is 12.6. The van der Waals surface area contributed by atoms with Gasteiger partial charge in [-0.25, -0.2) is 0 Å². The number of rotatable bonds is 7. The van der Waals surface area contributed by atoms with Gasteiger partial charge in [-0.2, -0.15) is 0 Å². The highest BCUT2D eigenvalue weighted by Crippen LogP contribution is 2.29. The normalized spacial score (nSPS) is 13.4. The summed E-state index contributed by atoms with van der Waals surface area (Å²) in [7, 11) is -4.47. The fourth-order valence-electron chi connectivity index (χ4n) is 4.06. The Hall–Kier alpha value is -1.16. The molecule has 0 atom stereocenters. The predicted molar refractivity (Wildman–Crippen MR) is 129 cm³/mol. The first kappa shape index (κ1) is 23.1. The molecule has 28 heavy (non-hydrogen) atoms. The highest BCUT2D eigenvalue weighted by Gasteiger charge is 2.34. The van der Waals surface area contributed by atoms with Crippen LogP contribution in [0.2, 0.25) is 58.9 Å². The molecule has 0 radical (unpaired) electrons. The van der Waals surface area contributed by atoms with Gasteiger partial charge in [0, 0.05) is 18.5 Å². The third-order valence-corrected chi connectivity index (χ3v) is 13.4. The van der Waals surface area contributed by atoms with E-state index >= 15 is 0 Å². The number of fused-ring (bicyclic) bond motifs is 1. The van der Waals surface area contributed by atoms with Gasteiger partial charge in [-0.1, -0.05) is 39.3 Å². The van der Waals surface area contributed by atoms with Crippen molar-refractivity contribution in [3.8, 4) is 5.75 Å². The Morgan fingerprint density at radius 3 is 2.04 bits per heavy atom. The molecule has 0 spiro atoms. The molecule has 7 heteroatoms. The minimum Gasteiger partial charge on any atom is -0.544 e. The van der Waals surface area contributed by atoms with E-state index in [0.717, 1.165) is 29.6 Å². The van der Waals surface area contributed by atoms with Gasteiger partial charge in [0.05, 0.1) is 5.52 Å². The van der Waals surface area contributed by atoms with E-state index in [2.05, 4.69) is 69.2 Å². The quantitative estimate of drug-likeness (QED) is 0.499. The predicted octanol–water partition coefficient (Wildman–Crippen LogP) is 6.03. The maximum absolute atomic E-state index is 12.2. The molecule has 0 saturated heterocycles. The summed E-state index contributed by atoms with van der Waals surface area (Å²) in [5.74, 6) is 0.976. The molecule has 4 nitrogen and oxygen atoms in total. The number of benzene rings is 1. The van der Waals surface area contributed by atoms with Crippen LogP contribution in [0.15, 0.2) is 24.4 Å². The SMILES string of the molecule is CC(=O)n1cc(CCN([Si](C)(C)C)[Si](C)(C)C)c2cc(O[Si](C)(C)C)ccc21. The average Bonchev–Trinajstić information content (AvgIpc) is 2.81. The summed E-state index contributed by atoms with van der Waals surface area (Å²) in [4.78, 5) is 12.2. The van der Waals surface area contributed by atoms with E-state index in [1.807, 2.05) is 18.3 Å². The molecule has 156 valence electrons. The van der Waals surface area contributed by atoms with E-state index in [-0.39, 0.29) is 5.91 Å². The fourth-order valence-corrected chi connectivity index (χ4v) is 14.5. The zero-order valence-electron chi connectivity index (χ0n) is 19.4. The molecule has 0 fully saturated rings. The van der Waals surface area contributed by atoms with Crippen molar-refractivity contribution in [1.82, 2.24) is 8.80 Å². The van der Waals surface area contributed by atoms with E-state index in [1.54, 1.807) is 11.5 Å². The zero-order chi connectivity index (χ0) is 21.5. The topological polar surface area (TPSA) is 34.5 Å². The number of aromatic nitrogens is 1. The summed E-state index contributed by atoms with van der Waals surface area (Å²) in [5.41, 5.74) is 2.23. The average molecular weight is 435 g/mol. The molecule has 0 aliphatic heterocycles. The molecule has 0 N–H and O–H groups in total. The van der Waals surface area contributed by atoms with Crippen LogP contribution < -0.4 is 4.43 Å². The Kier molecular flexibility index (Phi) is 6.55. The van der Waals surface area contributed by atoms with Crippen molar-refractivity contribution in [2.24, 2.45) is 0 Å². The van der Waals surface area contributed by atoms with Crippen LogP contribution in [0, 0.1) is 0 Å². The Morgan fingerprint density at radius 2 is 1.57 bits per heavy atom. The molecular weight excluding hydrogens is 397 g/mol. The lowest BCUT2D eigenvalue weighted by atomic mass is 10.1. The summed E-state index contributed by atoms with van der Waals surface area (Å²) >= 11 is 0. The van der Waals surface area contributed by atoms with E-state index in [1.165, 1.54) is 5.56 Å². The van der Waals surface area contributed by atoms with Gasteiger partial charge in [-0.3, -0.25) is 9.36 Å². The largest absolute Gasteiger partial charge is 0.544 e. The molecule has 1 heterocycles. The Balaban J connectivity index is 2.44. The van der Waals surface area contributed by atoms with Gasteiger partial charge in [0.2, 0.25) is 14.2 Å². The van der Waals surface area contributed by atoms with Crippen LogP contribution in [0.5, 0.6) is 5.75 Å². The van der Waals surface area contributed by atoms with Gasteiger partial charge >= 0.3 is 0 Å². The van der Waals surface area contributed by atoms with E-state index in [4.69, 9.17) is 4.43 Å². The van der Waals surface area contributed by atoms with Gasteiger partial charge in [0.1, 0.15) is 22.2 Å². The van der Waals surface area contributed by atoms with Gasteiger partial charge in [-0.05, 0) is 56.4 Å². The minimum absolute atomic E-state index is 0.0577. The van der Waals surface area contributed by atoms with E-state index < -0.39 is 24.8 Å². The molecule has 0 aliphatic rings. The second-order valence-corrected chi connectivity index (χ2v) is 25.3. The molecule has 0 bridgehead atoms. The maximum Gasteiger partial charge on any atom is 0.242 e. The van der Waals surface area contributed by atoms with Crippen molar-refractivity contribution < 1.29 is 9.22 Å². The zero-order valence-corrected chi connectivity index (χ0v) is 22.4. The molecule has 1 aromatic carbocycles. The molecular formula is C21H38N2O2Si3. The Morgan fingerprint density at radius 1 is 1.00 bits per heavy atom. The number of hydrogen-bond acceptors (Lipinski definition) is 3. The Labute approximate surface area is 174 Å². The van der Waals surface area contributed by atoms with Crippen LogP contribution in [-0.2, 0) is 6.42 Å². The van der Waals surface area contributed by atoms with Crippen LogP contribution in [0.25, 0.3) is 10.9 Å².